The highest BCUT2D eigenvalue weighted by molar-refractivity contribution is 7.16. The Kier molecular flexibility index (Phi) is 2.94. The number of hydrogen-bond donors (Lipinski definition) is 1. The Morgan fingerprint density at radius 2 is 2.22 bits per heavy atom. The summed E-state index contributed by atoms with van der Waals surface area (Å²) in [5, 5.41) is 3.42. The molecule has 0 amide bonds. The van der Waals surface area contributed by atoms with E-state index in [0.717, 1.165) is 17.7 Å². The highest BCUT2D eigenvalue weighted by atomic mass is 32.1. The molecule has 0 atom stereocenters. The molecule has 2 aromatic heterocycles. The third kappa shape index (κ3) is 2.19. The van der Waals surface area contributed by atoms with Crippen LogP contribution in [0.25, 0.3) is 10.2 Å². The van der Waals surface area contributed by atoms with E-state index in [-0.39, 0.29) is 0 Å². The Labute approximate surface area is 110 Å². The zero-order chi connectivity index (χ0) is 12.4. The number of nitrogens with one attached hydrogen (secondary N) is 1. The van der Waals surface area contributed by atoms with Crippen molar-refractivity contribution in [2.24, 2.45) is 0 Å². The Morgan fingerprint density at radius 3 is 3.11 bits per heavy atom. The Morgan fingerprint density at radius 1 is 1.28 bits per heavy atom. The molecular formula is C14H13N3S. The van der Waals surface area contributed by atoms with Crippen molar-refractivity contribution in [1.82, 2.24) is 9.97 Å². The first-order valence-corrected chi connectivity index (χ1v) is 6.67. The van der Waals surface area contributed by atoms with Gasteiger partial charge in [0.05, 0.1) is 15.7 Å². The molecule has 0 radical (unpaired) electrons. The second-order valence-corrected chi connectivity index (χ2v) is 5.08. The predicted molar refractivity (Wildman–Crippen MR) is 75.9 cm³/mol. The van der Waals surface area contributed by atoms with Gasteiger partial charge in [0.2, 0.25) is 0 Å². The Bertz CT molecular complexity index is 675. The smallest absolute Gasteiger partial charge is 0.0813 e. The van der Waals surface area contributed by atoms with Crippen LogP contribution < -0.4 is 5.32 Å². The molecule has 3 nitrogen and oxygen atoms in total. The minimum Gasteiger partial charge on any atom is -0.381 e. The fraction of sp³-hybridized carbons (Fsp3) is 0.143. The fourth-order valence-electron chi connectivity index (χ4n) is 1.84. The summed E-state index contributed by atoms with van der Waals surface area (Å²) in [6.07, 6.45) is 3.73. The van der Waals surface area contributed by atoms with E-state index in [4.69, 9.17) is 0 Å². The molecule has 0 unspecified atom stereocenters. The number of aryl methyl sites for hydroxylation is 1. The highest BCUT2D eigenvalue weighted by Gasteiger charge is 2.00. The molecule has 0 aliphatic rings. The molecule has 0 saturated carbocycles. The summed E-state index contributed by atoms with van der Waals surface area (Å²) in [4.78, 5) is 8.42. The fourth-order valence-corrected chi connectivity index (χ4v) is 2.56. The molecule has 0 aliphatic carbocycles. The number of fused-ring (bicyclic) bond motifs is 1. The molecule has 18 heavy (non-hydrogen) atoms. The van der Waals surface area contributed by atoms with Crippen molar-refractivity contribution in [1.29, 1.82) is 0 Å². The van der Waals surface area contributed by atoms with Gasteiger partial charge in [0.15, 0.2) is 0 Å². The monoisotopic (exact) mass is 255 g/mol. The summed E-state index contributed by atoms with van der Waals surface area (Å²) in [7, 11) is 0. The van der Waals surface area contributed by atoms with E-state index in [1.54, 1.807) is 11.3 Å². The van der Waals surface area contributed by atoms with Crippen LogP contribution in [0.2, 0.25) is 0 Å². The van der Waals surface area contributed by atoms with Gasteiger partial charge in [-0.05, 0) is 42.3 Å². The summed E-state index contributed by atoms with van der Waals surface area (Å²) in [5.41, 5.74) is 6.54. The molecule has 3 rings (SSSR count). The van der Waals surface area contributed by atoms with Crippen LogP contribution in [-0.2, 0) is 6.54 Å². The first-order valence-electron chi connectivity index (χ1n) is 5.79. The molecule has 0 spiro atoms. The molecule has 4 heteroatoms. The van der Waals surface area contributed by atoms with Crippen molar-refractivity contribution < 1.29 is 0 Å². The lowest BCUT2D eigenvalue weighted by atomic mass is 10.1. The first-order chi connectivity index (χ1) is 8.83. The van der Waals surface area contributed by atoms with Crippen LogP contribution in [0.15, 0.2) is 42.2 Å². The number of pyridine rings is 1. The van der Waals surface area contributed by atoms with E-state index in [1.165, 1.54) is 15.8 Å². The van der Waals surface area contributed by atoms with Gasteiger partial charge in [0, 0.05) is 24.6 Å². The van der Waals surface area contributed by atoms with Crippen LogP contribution in [0, 0.1) is 6.92 Å². The van der Waals surface area contributed by atoms with Crippen molar-refractivity contribution in [3.8, 4) is 0 Å². The van der Waals surface area contributed by atoms with Crippen molar-refractivity contribution in [3.05, 3.63) is 53.3 Å². The number of benzene rings is 1. The second-order valence-electron chi connectivity index (χ2n) is 4.19. The SMILES string of the molecule is Cc1ccncc1CNc1ccc2ncsc2c1. The van der Waals surface area contributed by atoms with E-state index < -0.39 is 0 Å². The second kappa shape index (κ2) is 4.74. The van der Waals surface area contributed by atoms with E-state index >= 15 is 0 Å². The zero-order valence-corrected chi connectivity index (χ0v) is 10.9. The minimum atomic E-state index is 0.796. The predicted octanol–water partition coefficient (Wildman–Crippen LogP) is 3.61. The number of aromatic nitrogens is 2. The van der Waals surface area contributed by atoms with Crippen LogP contribution >= 0.6 is 11.3 Å². The van der Waals surface area contributed by atoms with Gasteiger partial charge in [-0.1, -0.05) is 0 Å². The van der Waals surface area contributed by atoms with Gasteiger partial charge >= 0.3 is 0 Å². The minimum absolute atomic E-state index is 0.796. The van der Waals surface area contributed by atoms with E-state index in [0.29, 0.717) is 0 Å². The third-order valence-electron chi connectivity index (χ3n) is 2.96. The van der Waals surface area contributed by atoms with Gasteiger partial charge in [0.1, 0.15) is 0 Å². The van der Waals surface area contributed by atoms with Gasteiger partial charge in [-0.3, -0.25) is 4.98 Å². The van der Waals surface area contributed by atoms with Crippen LogP contribution in [-0.4, -0.2) is 9.97 Å². The Balaban J connectivity index is 1.78. The van der Waals surface area contributed by atoms with E-state index in [1.807, 2.05) is 30.0 Å². The van der Waals surface area contributed by atoms with Gasteiger partial charge in [-0.2, -0.15) is 0 Å². The standard InChI is InChI=1S/C14H13N3S/c1-10-4-5-15-7-11(10)8-16-12-2-3-13-14(6-12)18-9-17-13/h2-7,9,16H,8H2,1H3. The van der Waals surface area contributed by atoms with Crippen molar-refractivity contribution >= 4 is 27.2 Å². The van der Waals surface area contributed by atoms with Crippen molar-refractivity contribution in [2.75, 3.05) is 5.32 Å². The topological polar surface area (TPSA) is 37.8 Å². The van der Waals surface area contributed by atoms with Gasteiger partial charge < -0.3 is 5.32 Å². The molecule has 0 aliphatic heterocycles. The molecular weight excluding hydrogens is 242 g/mol. The normalized spacial score (nSPS) is 10.7. The van der Waals surface area contributed by atoms with Crippen molar-refractivity contribution in [2.45, 2.75) is 13.5 Å². The average molecular weight is 255 g/mol. The van der Waals surface area contributed by atoms with Gasteiger partial charge in [0.25, 0.3) is 0 Å². The lowest BCUT2D eigenvalue weighted by molar-refractivity contribution is 1.08. The Hall–Kier alpha value is -1.94. The molecule has 1 aromatic carbocycles. The molecule has 2 heterocycles. The number of anilines is 1. The number of rotatable bonds is 3. The zero-order valence-electron chi connectivity index (χ0n) is 10.1. The number of thiazole rings is 1. The third-order valence-corrected chi connectivity index (χ3v) is 3.75. The number of hydrogen-bond acceptors (Lipinski definition) is 4. The van der Waals surface area contributed by atoms with Gasteiger partial charge in [-0.25, -0.2) is 4.98 Å². The molecule has 0 bridgehead atoms. The van der Waals surface area contributed by atoms with Crippen LogP contribution in [0.1, 0.15) is 11.1 Å². The molecule has 90 valence electrons. The van der Waals surface area contributed by atoms with Crippen LogP contribution in [0.3, 0.4) is 0 Å². The maximum atomic E-state index is 4.27. The lowest BCUT2D eigenvalue weighted by Crippen LogP contribution is -2.01. The molecule has 0 saturated heterocycles. The summed E-state index contributed by atoms with van der Waals surface area (Å²) in [5.74, 6) is 0. The van der Waals surface area contributed by atoms with Crippen LogP contribution in [0.4, 0.5) is 5.69 Å². The average Bonchev–Trinajstić information content (AvgIpc) is 2.85. The maximum absolute atomic E-state index is 4.27. The summed E-state index contributed by atoms with van der Waals surface area (Å²) < 4.78 is 1.21. The molecule has 0 fully saturated rings. The van der Waals surface area contributed by atoms with Crippen LogP contribution in [0.5, 0.6) is 0 Å². The lowest BCUT2D eigenvalue weighted by Gasteiger charge is -2.08. The summed E-state index contributed by atoms with van der Waals surface area (Å²) >= 11 is 1.66. The largest absolute Gasteiger partial charge is 0.381 e. The highest BCUT2D eigenvalue weighted by Crippen LogP contribution is 2.22. The first kappa shape index (κ1) is 11.2. The molecule has 1 N–H and O–H groups in total. The van der Waals surface area contributed by atoms with Gasteiger partial charge in [-0.15, -0.1) is 11.3 Å². The maximum Gasteiger partial charge on any atom is 0.0813 e. The quantitative estimate of drug-likeness (QED) is 0.777. The summed E-state index contributed by atoms with van der Waals surface area (Å²) in [6.45, 7) is 2.90. The summed E-state index contributed by atoms with van der Waals surface area (Å²) in [6, 6.07) is 8.28. The van der Waals surface area contributed by atoms with E-state index in [9.17, 15) is 0 Å². The van der Waals surface area contributed by atoms with E-state index in [2.05, 4.69) is 34.3 Å². The molecule has 3 aromatic rings. The van der Waals surface area contributed by atoms with Crippen molar-refractivity contribution in [3.63, 3.8) is 0 Å². The number of nitrogens with zero attached hydrogens (tertiary/aromatic N) is 2.